The Labute approximate surface area is 215 Å². The molecule has 4 aromatic rings. The predicted molar refractivity (Wildman–Crippen MR) is 142 cm³/mol. The predicted octanol–water partition coefficient (Wildman–Crippen LogP) is 5.90. The lowest BCUT2D eigenvalue weighted by Gasteiger charge is -2.25. The zero-order chi connectivity index (χ0) is 25.9. The first-order valence-electron chi connectivity index (χ1n) is 12.0. The van der Waals surface area contributed by atoms with E-state index in [9.17, 15) is 14.7 Å². The molecule has 1 unspecified atom stereocenters. The summed E-state index contributed by atoms with van der Waals surface area (Å²) in [5.74, 6) is -1.02. The number of pyridine rings is 1. The van der Waals surface area contributed by atoms with Gasteiger partial charge in [0.25, 0.3) is 11.7 Å². The number of anilines is 1. The van der Waals surface area contributed by atoms with Crippen molar-refractivity contribution in [2.24, 2.45) is 0 Å². The van der Waals surface area contributed by atoms with Gasteiger partial charge in [-0.15, -0.1) is 0 Å². The Morgan fingerprint density at radius 3 is 2.35 bits per heavy atom. The number of carbonyl (C=O) groups excluding carboxylic acids is 2. The molecule has 1 aliphatic rings. The fraction of sp³-hybridized carbons (Fsp3) is 0.129. The van der Waals surface area contributed by atoms with Crippen LogP contribution in [0.15, 0.2) is 103 Å². The second-order valence-corrected chi connectivity index (χ2v) is 9.02. The van der Waals surface area contributed by atoms with E-state index in [0.717, 1.165) is 16.7 Å². The quantitative estimate of drug-likeness (QED) is 0.207. The van der Waals surface area contributed by atoms with Crippen LogP contribution in [0.3, 0.4) is 0 Å². The Balaban J connectivity index is 1.53. The molecule has 6 nitrogen and oxygen atoms in total. The number of carbonyl (C=O) groups is 2. The fourth-order valence-corrected chi connectivity index (χ4v) is 4.44. The molecular weight excluding hydrogens is 464 g/mol. The van der Waals surface area contributed by atoms with Crippen molar-refractivity contribution in [2.75, 3.05) is 4.90 Å². The maximum Gasteiger partial charge on any atom is 0.300 e. The van der Waals surface area contributed by atoms with Crippen molar-refractivity contribution in [1.29, 1.82) is 0 Å². The summed E-state index contributed by atoms with van der Waals surface area (Å²) in [5, 5.41) is 11.3. The van der Waals surface area contributed by atoms with Crippen molar-refractivity contribution in [3.05, 3.63) is 131 Å². The summed E-state index contributed by atoms with van der Waals surface area (Å²) in [5.41, 5.74) is 4.74. The summed E-state index contributed by atoms with van der Waals surface area (Å²) in [6.45, 7) is 4.32. The highest BCUT2D eigenvalue weighted by Gasteiger charge is 2.47. The van der Waals surface area contributed by atoms with Gasteiger partial charge in [0.2, 0.25) is 0 Å². The molecule has 1 aliphatic heterocycles. The van der Waals surface area contributed by atoms with Crippen LogP contribution in [-0.2, 0) is 16.2 Å². The zero-order valence-electron chi connectivity index (χ0n) is 20.6. The Bertz CT molecular complexity index is 1480. The van der Waals surface area contributed by atoms with E-state index < -0.39 is 17.7 Å². The van der Waals surface area contributed by atoms with Crippen molar-refractivity contribution < 1.29 is 19.4 Å². The molecule has 5 rings (SSSR count). The maximum absolute atomic E-state index is 13.3. The number of ketones is 1. The molecule has 1 fully saturated rings. The number of rotatable bonds is 6. The molecule has 2 heterocycles. The molecule has 3 aromatic carbocycles. The first kappa shape index (κ1) is 24.0. The Hall–Kier alpha value is -4.71. The maximum atomic E-state index is 13.3. The van der Waals surface area contributed by atoms with Gasteiger partial charge in [-0.05, 0) is 72.5 Å². The van der Waals surface area contributed by atoms with E-state index in [0.29, 0.717) is 29.2 Å². The molecule has 0 spiro atoms. The number of benzene rings is 3. The molecule has 0 bridgehead atoms. The van der Waals surface area contributed by atoms with E-state index in [4.69, 9.17) is 4.74 Å². The molecule has 0 radical (unpaired) electrons. The van der Waals surface area contributed by atoms with Crippen LogP contribution in [-0.4, -0.2) is 21.8 Å². The van der Waals surface area contributed by atoms with Crippen LogP contribution in [0.25, 0.3) is 5.76 Å². The fourth-order valence-electron chi connectivity index (χ4n) is 4.44. The van der Waals surface area contributed by atoms with Crippen molar-refractivity contribution in [3.63, 3.8) is 0 Å². The monoisotopic (exact) mass is 490 g/mol. The number of aromatic nitrogens is 1. The number of aryl methyl sites for hydroxylation is 2. The van der Waals surface area contributed by atoms with E-state index in [-0.39, 0.29) is 11.3 Å². The summed E-state index contributed by atoms with van der Waals surface area (Å²) in [6, 6.07) is 25.0. The minimum Gasteiger partial charge on any atom is -0.507 e. The van der Waals surface area contributed by atoms with Crippen LogP contribution in [0, 0.1) is 13.8 Å². The van der Waals surface area contributed by atoms with Gasteiger partial charge in [0, 0.05) is 23.6 Å². The Morgan fingerprint density at radius 1 is 0.919 bits per heavy atom. The zero-order valence-corrected chi connectivity index (χ0v) is 20.6. The molecule has 37 heavy (non-hydrogen) atoms. The molecular formula is C31H26N2O4. The number of Topliss-reactive ketones (excluding diaryl/α,β-unsaturated/α-hetero) is 1. The van der Waals surface area contributed by atoms with Crippen LogP contribution in [0.4, 0.5) is 5.69 Å². The smallest absolute Gasteiger partial charge is 0.300 e. The first-order chi connectivity index (χ1) is 17.9. The van der Waals surface area contributed by atoms with Gasteiger partial charge >= 0.3 is 0 Å². The lowest BCUT2D eigenvalue weighted by molar-refractivity contribution is -0.132. The van der Waals surface area contributed by atoms with Gasteiger partial charge in [-0.3, -0.25) is 19.5 Å². The molecule has 1 atom stereocenters. The second-order valence-electron chi connectivity index (χ2n) is 9.02. The molecule has 1 amide bonds. The number of aliphatic hydroxyl groups is 1. The molecule has 1 N–H and O–H groups in total. The third kappa shape index (κ3) is 4.74. The molecule has 0 aliphatic carbocycles. The summed E-state index contributed by atoms with van der Waals surface area (Å²) < 4.78 is 5.88. The van der Waals surface area contributed by atoms with Gasteiger partial charge in [0.1, 0.15) is 18.1 Å². The van der Waals surface area contributed by atoms with Gasteiger partial charge in [0.05, 0.1) is 11.6 Å². The van der Waals surface area contributed by atoms with Gasteiger partial charge < -0.3 is 9.84 Å². The van der Waals surface area contributed by atoms with E-state index in [1.807, 2.05) is 56.3 Å². The minimum absolute atomic E-state index is 0.0330. The average molecular weight is 491 g/mol. The average Bonchev–Trinajstić information content (AvgIpc) is 3.20. The number of hydrogen-bond acceptors (Lipinski definition) is 5. The lowest BCUT2D eigenvalue weighted by atomic mass is 9.95. The summed E-state index contributed by atoms with van der Waals surface area (Å²) in [7, 11) is 0. The van der Waals surface area contributed by atoms with Crippen LogP contribution in [0.2, 0.25) is 0 Å². The Kier molecular flexibility index (Phi) is 6.56. The SMILES string of the molecule is Cc1ccc(/C(O)=C2/C(=O)C(=O)N(c3ccc(OCc4ccccc4)cc3)C2c2cccnc2)cc1C. The molecule has 1 aromatic heterocycles. The molecule has 1 saturated heterocycles. The summed E-state index contributed by atoms with van der Waals surface area (Å²) >= 11 is 0. The standard InChI is InChI=1S/C31H26N2O4/c1-20-10-11-23(17-21(20)2)29(34)27-28(24-9-6-16-32-18-24)33(31(36)30(27)35)25-12-14-26(15-13-25)37-19-22-7-4-3-5-8-22/h3-18,28,34H,19H2,1-2H3/b29-27-. The van der Waals surface area contributed by atoms with Crippen LogP contribution < -0.4 is 9.64 Å². The highest BCUT2D eigenvalue weighted by Crippen LogP contribution is 2.42. The minimum atomic E-state index is -0.827. The topological polar surface area (TPSA) is 79.7 Å². The van der Waals surface area contributed by atoms with E-state index in [2.05, 4.69) is 4.98 Å². The van der Waals surface area contributed by atoms with Crippen molar-refractivity contribution >= 4 is 23.1 Å². The normalized spacial score (nSPS) is 16.7. The Morgan fingerprint density at radius 2 is 1.68 bits per heavy atom. The number of nitrogens with zero attached hydrogens (tertiary/aromatic N) is 2. The third-order valence-electron chi connectivity index (χ3n) is 6.59. The van der Waals surface area contributed by atoms with Gasteiger partial charge in [-0.2, -0.15) is 0 Å². The molecule has 6 heteroatoms. The highest BCUT2D eigenvalue weighted by molar-refractivity contribution is 6.51. The number of hydrogen-bond donors (Lipinski definition) is 1. The summed E-state index contributed by atoms with van der Waals surface area (Å²) in [6.07, 6.45) is 3.23. The number of aliphatic hydroxyl groups excluding tert-OH is 1. The van der Waals surface area contributed by atoms with E-state index >= 15 is 0 Å². The largest absolute Gasteiger partial charge is 0.507 e. The highest BCUT2D eigenvalue weighted by atomic mass is 16.5. The van der Waals surface area contributed by atoms with Gasteiger partial charge in [-0.25, -0.2) is 0 Å². The van der Waals surface area contributed by atoms with Gasteiger partial charge in [0.15, 0.2) is 0 Å². The van der Waals surface area contributed by atoms with Crippen molar-refractivity contribution in [3.8, 4) is 5.75 Å². The van der Waals surface area contributed by atoms with Crippen LogP contribution in [0.1, 0.15) is 33.9 Å². The third-order valence-corrected chi connectivity index (χ3v) is 6.59. The molecule has 0 saturated carbocycles. The number of ether oxygens (including phenoxy) is 1. The van der Waals surface area contributed by atoms with Crippen LogP contribution in [0.5, 0.6) is 5.75 Å². The second kappa shape index (κ2) is 10.1. The van der Waals surface area contributed by atoms with Crippen LogP contribution >= 0.6 is 0 Å². The summed E-state index contributed by atoms with van der Waals surface area (Å²) in [4.78, 5) is 32.2. The van der Waals surface area contributed by atoms with E-state index in [1.165, 1.54) is 4.90 Å². The first-order valence-corrected chi connectivity index (χ1v) is 12.0. The van der Waals surface area contributed by atoms with E-state index in [1.54, 1.807) is 54.9 Å². The lowest BCUT2D eigenvalue weighted by Crippen LogP contribution is -2.29. The van der Waals surface area contributed by atoms with Crippen molar-refractivity contribution in [2.45, 2.75) is 26.5 Å². The molecule has 184 valence electrons. The number of amides is 1. The van der Waals surface area contributed by atoms with Gasteiger partial charge in [-0.1, -0.05) is 48.5 Å². The van der Waals surface area contributed by atoms with Crippen molar-refractivity contribution in [1.82, 2.24) is 4.98 Å².